The zero-order valence-electron chi connectivity index (χ0n) is 24.8. The summed E-state index contributed by atoms with van der Waals surface area (Å²) in [5.41, 5.74) is 1.57. The number of nitrogens with zero attached hydrogens (tertiary/aromatic N) is 1. The normalized spacial score (nSPS) is 11.5. The van der Waals surface area contributed by atoms with Gasteiger partial charge in [-0.25, -0.2) is 9.78 Å². The summed E-state index contributed by atoms with van der Waals surface area (Å²) < 4.78 is 5.98. The summed E-state index contributed by atoms with van der Waals surface area (Å²) in [4.78, 5) is 53.6. The van der Waals surface area contributed by atoms with Crippen LogP contribution in [-0.4, -0.2) is 52.9 Å². The molecule has 1 aromatic heterocycles. The highest BCUT2D eigenvalue weighted by molar-refractivity contribution is 5.98. The summed E-state index contributed by atoms with van der Waals surface area (Å²) >= 11 is 0. The Kier molecular flexibility index (Phi) is 13.9. The Labute approximate surface area is 252 Å². The van der Waals surface area contributed by atoms with Gasteiger partial charge in [-0.15, -0.1) is 0 Å². The fourth-order valence-corrected chi connectivity index (χ4v) is 4.56. The quantitative estimate of drug-likeness (QED) is 0.138. The van der Waals surface area contributed by atoms with E-state index in [1.807, 2.05) is 60.7 Å². The molecule has 0 aliphatic rings. The van der Waals surface area contributed by atoms with Crippen molar-refractivity contribution >= 4 is 23.7 Å². The number of oxazole rings is 1. The Balaban J connectivity index is 1.42. The Hall–Kier alpha value is -4.47. The van der Waals surface area contributed by atoms with E-state index in [1.54, 1.807) is 0 Å². The van der Waals surface area contributed by atoms with Crippen LogP contribution < -0.4 is 16.0 Å². The Bertz CT molecular complexity index is 1310. The number of nitrogens with one attached hydrogen (secondary N) is 3. The van der Waals surface area contributed by atoms with Crippen LogP contribution in [0.4, 0.5) is 0 Å². The lowest BCUT2D eigenvalue weighted by molar-refractivity contribution is -0.142. The summed E-state index contributed by atoms with van der Waals surface area (Å²) in [7, 11) is 0. The number of carboxylic acids is 1. The number of carboxylic acid groups (broad SMARTS) is 1. The van der Waals surface area contributed by atoms with Gasteiger partial charge in [-0.2, -0.15) is 0 Å². The topological polar surface area (TPSA) is 151 Å². The minimum Gasteiger partial charge on any atom is -0.480 e. The van der Waals surface area contributed by atoms with Crippen LogP contribution in [0.25, 0.3) is 22.8 Å². The average Bonchev–Trinajstić information content (AvgIpc) is 3.47. The third-order valence-electron chi connectivity index (χ3n) is 6.93. The zero-order chi connectivity index (χ0) is 30.9. The van der Waals surface area contributed by atoms with E-state index in [-0.39, 0.29) is 49.9 Å². The van der Waals surface area contributed by atoms with Gasteiger partial charge in [0, 0.05) is 37.1 Å². The molecule has 3 amide bonds. The van der Waals surface area contributed by atoms with Crippen LogP contribution in [0.1, 0.15) is 81.6 Å². The highest BCUT2D eigenvalue weighted by atomic mass is 16.4. The first-order chi connectivity index (χ1) is 20.9. The lowest BCUT2D eigenvalue weighted by atomic mass is 10.1. The number of amides is 3. The molecule has 1 unspecified atom stereocenters. The summed E-state index contributed by atoms with van der Waals surface area (Å²) in [6, 6.07) is 17.3. The second-order valence-electron chi connectivity index (χ2n) is 10.4. The van der Waals surface area contributed by atoms with E-state index in [0.29, 0.717) is 23.6 Å². The van der Waals surface area contributed by atoms with Gasteiger partial charge in [0.2, 0.25) is 17.7 Å². The van der Waals surface area contributed by atoms with Gasteiger partial charge < -0.3 is 25.5 Å². The molecule has 1 atom stereocenters. The molecule has 2 aromatic carbocycles. The number of carbonyl (C=O) groups is 4. The van der Waals surface area contributed by atoms with E-state index in [2.05, 4.69) is 27.9 Å². The van der Waals surface area contributed by atoms with Crippen molar-refractivity contribution in [2.75, 3.05) is 13.1 Å². The maximum Gasteiger partial charge on any atom is 0.326 e. The molecule has 230 valence electrons. The van der Waals surface area contributed by atoms with E-state index < -0.39 is 17.9 Å². The Morgan fingerprint density at radius 2 is 1.37 bits per heavy atom. The lowest BCUT2D eigenvalue weighted by Gasteiger charge is -2.14. The standard InChI is InChI=1S/C33H42N4O6/c1-2-3-4-5-6-7-14-19-28(39)36-26(33(41)42)20-21-27(38)34-22-23-35-31(40)29-30(24-15-10-8-11-16-24)43-32(37-29)25-17-12-9-13-18-25/h8-13,15-18,26H,2-7,14,19-23H2,1H3,(H,34,38)(H,35,40)(H,36,39)(H,41,42). The third-order valence-corrected chi connectivity index (χ3v) is 6.93. The van der Waals surface area contributed by atoms with Crippen molar-refractivity contribution in [1.29, 1.82) is 0 Å². The van der Waals surface area contributed by atoms with Crippen molar-refractivity contribution in [3.05, 3.63) is 66.4 Å². The molecule has 0 saturated carbocycles. The third kappa shape index (κ3) is 11.4. The van der Waals surface area contributed by atoms with Crippen molar-refractivity contribution in [1.82, 2.24) is 20.9 Å². The van der Waals surface area contributed by atoms with Crippen molar-refractivity contribution < 1.29 is 28.7 Å². The van der Waals surface area contributed by atoms with E-state index in [1.165, 1.54) is 19.3 Å². The van der Waals surface area contributed by atoms with Crippen LogP contribution in [0, 0.1) is 0 Å². The number of rotatable bonds is 19. The number of carbonyl (C=O) groups excluding carboxylic acids is 3. The summed E-state index contributed by atoms with van der Waals surface area (Å²) in [6.07, 6.45) is 7.63. The first-order valence-electron chi connectivity index (χ1n) is 15.1. The van der Waals surface area contributed by atoms with Gasteiger partial charge in [-0.1, -0.05) is 94.0 Å². The van der Waals surface area contributed by atoms with E-state index >= 15 is 0 Å². The summed E-state index contributed by atoms with van der Waals surface area (Å²) in [5, 5.41) is 17.4. The molecule has 0 spiro atoms. The molecule has 0 saturated heterocycles. The number of unbranched alkanes of at least 4 members (excludes halogenated alkanes) is 6. The molecule has 10 heteroatoms. The molecule has 10 nitrogen and oxygen atoms in total. The lowest BCUT2D eigenvalue weighted by Crippen LogP contribution is -2.42. The molecule has 0 bridgehead atoms. The molecule has 4 N–H and O–H groups in total. The Morgan fingerprint density at radius 1 is 0.767 bits per heavy atom. The maximum atomic E-state index is 13.0. The summed E-state index contributed by atoms with van der Waals surface area (Å²) in [5.74, 6) is -1.66. The fourth-order valence-electron chi connectivity index (χ4n) is 4.56. The Morgan fingerprint density at radius 3 is 2.02 bits per heavy atom. The SMILES string of the molecule is CCCCCCCCCC(=O)NC(CCC(=O)NCCNC(=O)c1nc(-c2ccccc2)oc1-c1ccccc1)C(=O)O. The minimum atomic E-state index is -1.18. The van der Waals surface area contributed by atoms with Crippen molar-refractivity contribution in [2.45, 2.75) is 77.2 Å². The van der Waals surface area contributed by atoms with Gasteiger partial charge in [0.05, 0.1) is 0 Å². The molecule has 0 radical (unpaired) electrons. The smallest absolute Gasteiger partial charge is 0.326 e. The van der Waals surface area contributed by atoms with Crippen LogP contribution in [-0.2, 0) is 14.4 Å². The number of benzene rings is 2. The van der Waals surface area contributed by atoms with Gasteiger partial charge in [0.1, 0.15) is 6.04 Å². The van der Waals surface area contributed by atoms with Crippen LogP contribution in [0.5, 0.6) is 0 Å². The first kappa shape index (κ1) is 33.0. The molecular formula is C33H42N4O6. The van der Waals surface area contributed by atoms with Crippen LogP contribution in [0.3, 0.4) is 0 Å². The molecule has 0 aliphatic carbocycles. The highest BCUT2D eigenvalue weighted by Crippen LogP contribution is 2.29. The average molecular weight is 591 g/mol. The van der Waals surface area contributed by atoms with Gasteiger partial charge in [-0.05, 0) is 25.0 Å². The molecule has 3 aromatic rings. The maximum absolute atomic E-state index is 13.0. The molecule has 3 rings (SSSR count). The molecule has 0 fully saturated rings. The van der Waals surface area contributed by atoms with Crippen LogP contribution in [0.2, 0.25) is 0 Å². The largest absolute Gasteiger partial charge is 0.480 e. The monoisotopic (exact) mass is 590 g/mol. The van der Waals surface area contributed by atoms with Gasteiger partial charge >= 0.3 is 5.97 Å². The van der Waals surface area contributed by atoms with Gasteiger partial charge in [0.15, 0.2) is 11.5 Å². The minimum absolute atomic E-state index is 0.0298. The second-order valence-corrected chi connectivity index (χ2v) is 10.4. The number of aromatic nitrogens is 1. The molecule has 0 aliphatic heterocycles. The van der Waals surface area contributed by atoms with E-state index in [4.69, 9.17) is 4.42 Å². The van der Waals surface area contributed by atoms with Crippen molar-refractivity contribution in [3.8, 4) is 22.8 Å². The molecular weight excluding hydrogens is 548 g/mol. The number of hydrogen-bond donors (Lipinski definition) is 4. The summed E-state index contributed by atoms with van der Waals surface area (Å²) in [6.45, 7) is 2.43. The fraction of sp³-hybridized carbons (Fsp3) is 0.424. The van der Waals surface area contributed by atoms with Crippen LogP contribution in [0.15, 0.2) is 65.1 Å². The van der Waals surface area contributed by atoms with Gasteiger partial charge in [0.25, 0.3) is 5.91 Å². The zero-order valence-corrected chi connectivity index (χ0v) is 24.8. The van der Waals surface area contributed by atoms with Crippen LogP contribution >= 0.6 is 0 Å². The predicted octanol–water partition coefficient (Wildman–Crippen LogP) is 5.34. The molecule has 1 heterocycles. The predicted molar refractivity (Wildman–Crippen MR) is 164 cm³/mol. The van der Waals surface area contributed by atoms with Crippen molar-refractivity contribution in [3.63, 3.8) is 0 Å². The first-order valence-corrected chi connectivity index (χ1v) is 15.1. The van der Waals surface area contributed by atoms with E-state index in [9.17, 15) is 24.3 Å². The second kappa shape index (κ2) is 18.1. The van der Waals surface area contributed by atoms with Crippen molar-refractivity contribution in [2.24, 2.45) is 0 Å². The van der Waals surface area contributed by atoms with E-state index in [0.717, 1.165) is 24.8 Å². The number of hydrogen-bond acceptors (Lipinski definition) is 6. The van der Waals surface area contributed by atoms with Gasteiger partial charge in [-0.3, -0.25) is 14.4 Å². The number of aliphatic carboxylic acids is 1. The highest BCUT2D eigenvalue weighted by Gasteiger charge is 2.23. The molecule has 43 heavy (non-hydrogen) atoms.